The molecular formula is C25H30BrClF2N4O3Si. The topological polar surface area (TPSA) is 59.8 Å². The molecule has 0 atom stereocenters. The minimum absolute atomic E-state index is 0.0332. The highest BCUT2D eigenvalue weighted by Gasteiger charge is 2.29. The lowest BCUT2D eigenvalue weighted by Gasteiger charge is -2.36. The van der Waals surface area contributed by atoms with Crippen molar-refractivity contribution in [1.82, 2.24) is 14.5 Å². The number of hydrogen-bond acceptors (Lipinski definition) is 5. The molecule has 0 spiro atoms. The number of hydrogen-bond donors (Lipinski definition) is 0. The van der Waals surface area contributed by atoms with Crippen molar-refractivity contribution in [2.24, 2.45) is 0 Å². The number of ether oxygens (including phenoxy) is 2. The summed E-state index contributed by atoms with van der Waals surface area (Å²) in [6, 6.07) is 5.41. The highest BCUT2D eigenvalue weighted by molar-refractivity contribution is 9.10. The van der Waals surface area contributed by atoms with Gasteiger partial charge >= 0.3 is 0 Å². The van der Waals surface area contributed by atoms with Gasteiger partial charge in [0.1, 0.15) is 18.2 Å². The Bertz CT molecular complexity index is 1310. The van der Waals surface area contributed by atoms with Gasteiger partial charge in [0.05, 0.1) is 23.8 Å². The fraction of sp³-hybridized carbons (Fsp3) is 0.440. The van der Waals surface area contributed by atoms with E-state index in [-0.39, 0.29) is 23.2 Å². The number of amides is 1. The Balaban J connectivity index is 1.58. The summed E-state index contributed by atoms with van der Waals surface area (Å²) in [4.78, 5) is 21.5. The number of halogens is 4. The third-order valence-electron chi connectivity index (χ3n) is 6.35. The number of anilines is 1. The summed E-state index contributed by atoms with van der Waals surface area (Å²) >= 11 is 9.60. The number of rotatable bonds is 8. The molecule has 4 rings (SSSR count). The van der Waals surface area contributed by atoms with Gasteiger partial charge in [0.15, 0.2) is 17.4 Å². The number of pyridine rings is 1. The van der Waals surface area contributed by atoms with Crippen LogP contribution in [0.4, 0.5) is 14.6 Å². The zero-order valence-electron chi connectivity index (χ0n) is 21.3. The molecule has 0 N–H and O–H groups in total. The van der Waals surface area contributed by atoms with E-state index in [0.29, 0.717) is 59.9 Å². The summed E-state index contributed by atoms with van der Waals surface area (Å²) in [6.45, 7) is 9.10. The summed E-state index contributed by atoms with van der Waals surface area (Å²) < 4.78 is 42.1. The molecule has 0 bridgehead atoms. The van der Waals surface area contributed by atoms with Crippen LogP contribution in [0.2, 0.25) is 30.7 Å². The third-order valence-corrected chi connectivity index (χ3v) is 8.98. The molecule has 3 heterocycles. The lowest BCUT2D eigenvalue weighted by atomic mass is 10.2. The van der Waals surface area contributed by atoms with Crippen LogP contribution in [0.15, 0.2) is 28.9 Å². The van der Waals surface area contributed by atoms with Crippen molar-refractivity contribution >= 4 is 58.2 Å². The first-order chi connectivity index (χ1) is 17.5. The van der Waals surface area contributed by atoms with Crippen molar-refractivity contribution in [2.45, 2.75) is 32.4 Å². The monoisotopic (exact) mass is 614 g/mol. The molecule has 2 aromatic heterocycles. The Morgan fingerprint density at radius 2 is 1.86 bits per heavy atom. The van der Waals surface area contributed by atoms with Crippen LogP contribution in [0, 0.1) is 11.6 Å². The van der Waals surface area contributed by atoms with Gasteiger partial charge in [-0.1, -0.05) is 47.2 Å². The van der Waals surface area contributed by atoms with Gasteiger partial charge in [-0.15, -0.1) is 0 Å². The van der Waals surface area contributed by atoms with Gasteiger partial charge in [-0.25, -0.2) is 13.8 Å². The molecule has 200 valence electrons. The molecule has 7 nitrogen and oxygen atoms in total. The van der Waals surface area contributed by atoms with E-state index in [1.807, 2.05) is 4.90 Å². The third kappa shape index (κ3) is 6.10. The largest absolute Gasteiger partial charge is 0.493 e. The van der Waals surface area contributed by atoms with Crippen LogP contribution in [-0.4, -0.2) is 68.3 Å². The first kappa shape index (κ1) is 27.8. The molecule has 1 amide bonds. The average Bonchev–Trinajstić information content (AvgIpc) is 3.24. The van der Waals surface area contributed by atoms with Crippen molar-refractivity contribution in [2.75, 3.05) is 44.8 Å². The summed E-state index contributed by atoms with van der Waals surface area (Å²) in [5.74, 6) is -0.431. The van der Waals surface area contributed by atoms with E-state index in [4.69, 9.17) is 21.1 Å². The first-order valence-electron chi connectivity index (χ1n) is 12.0. The van der Waals surface area contributed by atoms with Crippen LogP contribution >= 0.6 is 27.5 Å². The Hall–Kier alpha value is -2.21. The van der Waals surface area contributed by atoms with E-state index < -0.39 is 19.7 Å². The van der Waals surface area contributed by atoms with Gasteiger partial charge in [0, 0.05) is 56.8 Å². The van der Waals surface area contributed by atoms with Crippen LogP contribution < -0.4 is 9.64 Å². The molecule has 1 aliphatic rings. The molecule has 0 unspecified atom stereocenters. The minimum atomic E-state index is -1.32. The summed E-state index contributed by atoms with van der Waals surface area (Å²) in [7, 11) is 0.146. The highest BCUT2D eigenvalue weighted by Crippen LogP contribution is 2.35. The Kier molecular flexibility index (Phi) is 8.47. The van der Waals surface area contributed by atoms with Crippen LogP contribution in [-0.2, 0) is 11.5 Å². The van der Waals surface area contributed by atoms with Crippen LogP contribution in [0.25, 0.3) is 10.9 Å². The summed E-state index contributed by atoms with van der Waals surface area (Å²) in [6.07, 6.45) is 1.15. The quantitative estimate of drug-likeness (QED) is 0.176. The van der Waals surface area contributed by atoms with Crippen molar-refractivity contribution in [1.29, 1.82) is 0 Å². The highest BCUT2D eigenvalue weighted by atomic mass is 79.9. The van der Waals surface area contributed by atoms with E-state index in [0.717, 1.165) is 12.2 Å². The smallest absolute Gasteiger partial charge is 0.270 e. The SMILES string of the molecule is COc1cc(F)cnc1N1CCN(C(=O)c2cc3c(Br)cc(Cl)c(F)c3n2COCC[Si](C)(C)C)CC1. The summed E-state index contributed by atoms with van der Waals surface area (Å²) in [5.41, 5.74) is 0.561. The molecule has 1 aromatic carbocycles. The lowest BCUT2D eigenvalue weighted by Crippen LogP contribution is -2.49. The summed E-state index contributed by atoms with van der Waals surface area (Å²) in [5, 5.41) is 0.520. The second kappa shape index (κ2) is 11.3. The van der Waals surface area contributed by atoms with Crippen LogP contribution in [0.1, 0.15) is 10.5 Å². The van der Waals surface area contributed by atoms with Gasteiger partial charge in [0.2, 0.25) is 0 Å². The number of aromatic nitrogens is 2. The van der Waals surface area contributed by atoms with E-state index >= 15 is 4.39 Å². The van der Waals surface area contributed by atoms with Crippen molar-refractivity contribution < 1.29 is 23.0 Å². The maximum atomic E-state index is 15.2. The lowest BCUT2D eigenvalue weighted by molar-refractivity contribution is 0.0674. The number of piperazine rings is 1. The van der Waals surface area contributed by atoms with Gasteiger partial charge < -0.3 is 23.8 Å². The van der Waals surface area contributed by atoms with Crippen molar-refractivity contribution in [3.63, 3.8) is 0 Å². The number of benzene rings is 1. The Morgan fingerprint density at radius 3 is 2.51 bits per heavy atom. The number of fused-ring (bicyclic) bond motifs is 1. The number of carbonyl (C=O) groups excluding carboxylic acids is 1. The second-order valence-corrected chi connectivity index (χ2v) is 17.1. The maximum Gasteiger partial charge on any atom is 0.270 e. The molecule has 1 aliphatic heterocycles. The van der Waals surface area contributed by atoms with Gasteiger partial charge in [-0.05, 0) is 18.2 Å². The van der Waals surface area contributed by atoms with Crippen LogP contribution in [0.5, 0.6) is 5.75 Å². The number of methoxy groups -OCH3 is 1. The van der Waals surface area contributed by atoms with Gasteiger partial charge in [-0.2, -0.15) is 0 Å². The molecule has 0 saturated carbocycles. The fourth-order valence-corrected chi connectivity index (χ4v) is 5.88. The normalized spacial score (nSPS) is 14.5. The molecule has 1 fully saturated rings. The van der Waals surface area contributed by atoms with E-state index in [1.54, 1.807) is 15.5 Å². The second-order valence-electron chi connectivity index (χ2n) is 10.2. The molecule has 0 aliphatic carbocycles. The van der Waals surface area contributed by atoms with E-state index in [1.165, 1.54) is 19.2 Å². The average molecular weight is 616 g/mol. The number of carbonyl (C=O) groups is 1. The van der Waals surface area contributed by atoms with Gasteiger partial charge in [0.25, 0.3) is 5.91 Å². The van der Waals surface area contributed by atoms with E-state index in [9.17, 15) is 9.18 Å². The Labute approximate surface area is 229 Å². The van der Waals surface area contributed by atoms with E-state index in [2.05, 4.69) is 40.6 Å². The first-order valence-corrected chi connectivity index (χ1v) is 16.9. The Morgan fingerprint density at radius 1 is 1.16 bits per heavy atom. The van der Waals surface area contributed by atoms with Gasteiger partial charge in [-0.3, -0.25) is 4.79 Å². The van der Waals surface area contributed by atoms with Crippen molar-refractivity contribution in [3.05, 3.63) is 51.2 Å². The molecule has 12 heteroatoms. The molecule has 3 aromatic rings. The maximum absolute atomic E-state index is 15.2. The zero-order chi connectivity index (χ0) is 26.9. The molecule has 0 radical (unpaired) electrons. The predicted octanol–water partition coefficient (Wildman–Crippen LogP) is 6.01. The number of nitrogens with zero attached hydrogens (tertiary/aromatic N) is 4. The molecular weight excluding hydrogens is 586 g/mol. The minimum Gasteiger partial charge on any atom is -0.493 e. The van der Waals surface area contributed by atoms with Crippen LogP contribution in [0.3, 0.4) is 0 Å². The fourth-order valence-electron chi connectivity index (χ4n) is 4.26. The predicted molar refractivity (Wildman–Crippen MR) is 148 cm³/mol. The standard InChI is InChI=1S/C25H30BrClF2N4O3Si/c1-35-21-11-16(28)14-30-24(21)31-5-7-32(8-6-31)25(34)20-12-17-18(26)13-19(27)22(29)23(17)33(20)15-36-9-10-37(2,3)4/h11-14H,5-10,15H2,1-4H3. The molecule has 37 heavy (non-hydrogen) atoms. The van der Waals surface area contributed by atoms with Crippen molar-refractivity contribution in [3.8, 4) is 5.75 Å². The zero-order valence-corrected chi connectivity index (χ0v) is 24.6. The molecule has 1 saturated heterocycles.